The molecule has 0 aliphatic heterocycles. The summed E-state index contributed by atoms with van der Waals surface area (Å²) in [6.07, 6.45) is 0.840. The summed E-state index contributed by atoms with van der Waals surface area (Å²) in [5.74, 6) is -3.04. The first-order valence-corrected chi connectivity index (χ1v) is 4.75. The van der Waals surface area contributed by atoms with Crippen molar-refractivity contribution in [3.63, 3.8) is 0 Å². The lowest BCUT2D eigenvalue weighted by molar-refractivity contribution is -0.140. The number of hydrogen-bond donors (Lipinski definition) is 4. The predicted octanol–water partition coefficient (Wildman–Crippen LogP) is -0.542. The van der Waals surface area contributed by atoms with Gasteiger partial charge in [0.05, 0.1) is 0 Å². The van der Waals surface area contributed by atoms with Gasteiger partial charge >= 0.3 is 11.9 Å². The van der Waals surface area contributed by atoms with Crippen molar-refractivity contribution >= 4 is 17.8 Å². The number of amides is 1. The van der Waals surface area contributed by atoms with Gasteiger partial charge in [-0.1, -0.05) is 0 Å². The first kappa shape index (κ1) is 12.7. The summed E-state index contributed by atoms with van der Waals surface area (Å²) in [6, 6.07) is 0.146. The summed E-state index contributed by atoms with van der Waals surface area (Å²) in [4.78, 5) is 32.6. The van der Waals surface area contributed by atoms with Gasteiger partial charge in [0.1, 0.15) is 11.7 Å². The Kier molecular flexibility index (Phi) is 4.21. The molecular weight excluding hydrogens is 230 g/mol. The van der Waals surface area contributed by atoms with Crippen molar-refractivity contribution < 1.29 is 24.6 Å². The zero-order chi connectivity index (χ0) is 12.8. The molecule has 1 amide bonds. The number of hydrogen-bond acceptors (Lipinski definition) is 4. The summed E-state index contributed by atoms with van der Waals surface area (Å²) < 4.78 is 0. The standard InChI is InChI=1S/C9H11N3O5/c13-7(14)2-1-6(9(16)17)11-8(15)5-3-4-10-12-5/h3-4,6H,1-2H2,(H,10,12)(H,11,15)(H,13,14)(H,16,17)/t6-/m0/s1. The average Bonchev–Trinajstić information content (AvgIpc) is 2.76. The summed E-state index contributed by atoms with van der Waals surface area (Å²) >= 11 is 0. The van der Waals surface area contributed by atoms with E-state index in [1.807, 2.05) is 0 Å². The molecule has 0 saturated heterocycles. The Balaban J connectivity index is 2.58. The van der Waals surface area contributed by atoms with E-state index in [9.17, 15) is 14.4 Å². The van der Waals surface area contributed by atoms with Crippen LogP contribution in [0, 0.1) is 0 Å². The van der Waals surface area contributed by atoms with E-state index in [1.54, 1.807) is 0 Å². The summed E-state index contributed by atoms with van der Waals surface area (Å²) in [5.41, 5.74) is 0.117. The molecule has 0 unspecified atom stereocenters. The second kappa shape index (κ2) is 5.64. The van der Waals surface area contributed by atoms with Crippen LogP contribution in [0.25, 0.3) is 0 Å². The van der Waals surface area contributed by atoms with E-state index in [1.165, 1.54) is 12.3 Å². The highest BCUT2D eigenvalue weighted by atomic mass is 16.4. The first-order chi connectivity index (χ1) is 8.00. The van der Waals surface area contributed by atoms with Crippen LogP contribution in [-0.2, 0) is 9.59 Å². The van der Waals surface area contributed by atoms with Gasteiger partial charge in [-0.3, -0.25) is 14.7 Å². The molecule has 0 aliphatic carbocycles. The molecule has 92 valence electrons. The van der Waals surface area contributed by atoms with Crippen LogP contribution >= 0.6 is 0 Å². The van der Waals surface area contributed by atoms with Crippen LogP contribution in [0.3, 0.4) is 0 Å². The molecule has 1 atom stereocenters. The molecule has 17 heavy (non-hydrogen) atoms. The molecule has 4 N–H and O–H groups in total. The van der Waals surface area contributed by atoms with Crippen molar-refractivity contribution in [2.24, 2.45) is 0 Å². The normalized spacial score (nSPS) is 11.8. The summed E-state index contributed by atoms with van der Waals surface area (Å²) in [6.45, 7) is 0. The Morgan fingerprint density at radius 1 is 1.41 bits per heavy atom. The minimum atomic E-state index is -1.28. The molecule has 0 radical (unpaired) electrons. The van der Waals surface area contributed by atoms with Crippen LogP contribution in [-0.4, -0.2) is 44.3 Å². The van der Waals surface area contributed by atoms with Gasteiger partial charge in [-0.15, -0.1) is 0 Å². The Labute approximate surface area is 95.6 Å². The van der Waals surface area contributed by atoms with Gasteiger partial charge in [-0.05, 0) is 12.5 Å². The zero-order valence-electron chi connectivity index (χ0n) is 8.71. The number of aromatic nitrogens is 2. The number of carbonyl (C=O) groups is 3. The number of aliphatic carboxylic acids is 2. The molecular formula is C9H11N3O5. The van der Waals surface area contributed by atoms with Crippen molar-refractivity contribution in [3.8, 4) is 0 Å². The topological polar surface area (TPSA) is 132 Å². The van der Waals surface area contributed by atoms with E-state index in [0.29, 0.717) is 0 Å². The van der Waals surface area contributed by atoms with E-state index in [2.05, 4.69) is 15.5 Å². The fraction of sp³-hybridized carbons (Fsp3) is 0.333. The van der Waals surface area contributed by atoms with Gasteiger partial charge in [-0.2, -0.15) is 5.10 Å². The molecule has 8 nitrogen and oxygen atoms in total. The van der Waals surface area contributed by atoms with Crippen LogP contribution in [0.2, 0.25) is 0 Å². The van der Waals surface area contributed by atoms with Gasteiger partial charge in [-0.25, -0.2) is 4.79 Å². The van der Waals surface area contributed by atoms with Gasteiger partial charge in [0.15, 0.2) is 0 Å². The number of rotatable bonds is 6. The molecule has 0 fully saturated rings. The minimum absolute atomic E-state index is 0.117. The van der Waals surface area contributed by atoms with E-state index >= 15 is 0 Å². The Morgan fingerprint density at radius 2 is 2.12 bits per heavy atom. The third-order valence-electron chi connectivity index (χ3n) is 2.00. The highest BCUT2D eigenvalue weighted by Crippen LogP contribution is 2.00. The first-order valence-electron chi connectivity index (χ1n) is 4.75. The maximum Gasteiger partial charge on any atom is 0.326 e. The van der Waals surface area contributed by atoms with Gasteiger partial charge in [0.25, 0.3) is 5.91 Å². The zero-order valence-corrected chi connectivity index (χ0v) is 8.71. The minimum Gasteiger partial charge on any atom is -0.481 e. The maximum atomic E-state index is 11.5. The van der Waals surface area contributed by atoms with Crippen molar-refractivity contribution in [1.29, 1.82) is 0 Å². The van der Waals surface area contributed by atoms with Crippen LogP contribution < -0.4 is 5.32 Å². The van der Waals surface area contributed by atoms with Crippen LogP contribution in [0.1, 0.15) is 23.3 Å². The van der Waals surface area contributed by atoms with Crippen molar-refractivity contribution in [3.05, 3.63) is 18.0 Å². The lowest BCUT2D eigenvalue weighted by Gasteiger charge is -2.12. The molecule has 1 rings (SSSR count). The molecule has 1 aromatic heterocycles. The monoisotopic (exact) mass is 241 g/mol. The van der Waals surface area contributed by atoms with E-state index in [0.717, 1.165) is 0 Å². The largest absolute Gasteiger partial charge is 0.481 e. The SMILES string of the molecule is O=C(O)CC[C@H](NC(=O)c1ccn[nH]1)C(=O)O. The highest BCUT2D eigenvalue weighted by Gasteiger charge is 2.21. The van der Waals surface area contributed by atoms with Crippen LogP contribution in [0.5, 0.6) is 0 Å². The van der Waals surface area contributed by atoms with E-state index < -0.39 is 23.9 Å². The number of H-pyrrole nitrogens is 1. The number of nitrogens with one attached hydrogen (secondary N) is 2. The number of nitrogens with zero attached hydrogens (tertiary/aromatic N) is 1. The Morgan fingerprint density at radius 3 is 2.59 bits per heavy atom. The predicted molar refractivity (Wildman–Crippen MR) is 54.3 cm³/mol. The Hall–Kier alpha value is -2.38. The summed E-state index contributed by atoms with van der Waals surface area (Å²) in [5, 5.41) is 25.4. The second-order valence-electron chi connectivity index (χ2n) is 3.27. The van der Waals surface area contributed by atoms with Gasteiger partial charge in [0, 0.05) is 12.6 Å². The van der Waals surface area contributed by atoms with Crippen molar-refractivity contribution in [1.82, 2.24) is 15.5 Å². The lowest BCUT2D eigenvalue weighted by Crippen LogP contribution is -2.41. The van der Waals surface area contributed by atoms with Crippen LogP contribution in [0.15, 0.2) is 12.3 Å². The molecule has 0 bridgehead atoms. The molecule has 0 aliphatic rings. The molecule has 1 heterocycles. The third kappa shape index (κ3) is 3.93. The quantitative estimate of drug-likeness (QED) is 0.528. The van der Waals surface area contributed by atoms with Gasteiger partial charge in [0.2, 0.25) is 0 Å². The number of carbonyl (C=O) groups excluding carboxylic acids is 1. The molecule has 0 saturated carbocycles. The molecule has 1 aromatic rings. The van der Waals surface area contributed by atoms with Crippen LogP contribution in [0.4, 0.5) is 0 Å². The molecule has 0 spiro atoms. The molecule has 8 heteroatoms. The maximum absolute atomic E-state index is 11.5. The average molecular weight is 241 g/mol. The third-order valence-corrected chi connectivity index (χ3v) is 2.00. The fourth-order valence-electron chi connectivity index (χ4n) is 1.14. The number of carboxylic acids is 2. The molecule has 0 aromatic carbocycles. The Bertz CT molecular complexity index is 414. The second-order valence-corrected chi connectivity index (χ2v) is 3.27. The number of aromatic amines is 1. The van der Waals surface area contributed by atoms with Crippen molar-refractivity contribution in [2.75, 3.05) is 0 Å². The highest BCUT2D eigenvalue weighted by molar-refractivity contribution is 5.94. The number of carboxylic acid groups (broad SMARTS) is 2. The fourth-order valence-corrected chi connectivity index (χ4v) is 1.14. The van der Waals surface area contributed by atoms with Crippen molar-refractivity contribution in [2.45, 2.75) is 18.9 Å². The smallest absolute Gasteiger partial charge is 0.326 e. The van der Waals surface area contributed by atoms with E-state index in [-0.39, 0.29) is 18.5 Å². The van der Waals surface area contributed by atoms with Gasteiger partial charge < -0.3 is 15.5 Å². The summed E-state index contributed by atoms with van der Waals surface area (Å²) in [7, 11) is 0. The lowest BCUT2D eigenvalue weighted by atomic mass is 10.1. The van der Waals surface area contributed by atoms with E-state index in [4.69, 9.17) is 10.2 Å².